The molecule has 0 bridgehead atoms. The number of unbranched alkanes of at least 4 members (excludes halogenated alkanes) is 1. The first kappa shape index (κ1) is 15.4. The van der Waals surface area contributed by atoms with Crippen LogP contribution < -0.4 is 15.8 Å². The van der Waals surface area contributed by atoms with E-state index in [9.17, 15) is 13.6 Å². The Labute approximate surface area is 110 Å². The number of benzene rings is 1. The molecule has 1 aromatic rings. The summed E-state index contributed by atoms with van der Waals surface area (Å²) in [5.74, 6) is -0.127. The lowest BCUT2D eigenvalue weighted by Gasteiger charge is -2.11. The van der Waals surface area contributed by atoms with Gasteiger partial charge in [-0.3, -0.25) is 4.79 Å². The molecule has 0 aliphatic carbocycles. The van der Waals surface area contributed by atoms with E-state index < -0.39 is 6.61 Å². The average molecular weight is 272 g/mol. The van der Waals surface area contributed by atoms with Crippen molar-refractivity contribution >= 4 is 5.91 Å². The Kier molecular flexibility index (Phi) is 6.81. The summed E-state index contributed by atoms with van der Waals surface area (Å²) in [4.78, 5) is 10.5. The van der Waals surface area contributed by atoms with E-state index in [0.29, 0.717) is 25.1 Å². The molecule has 0 spiro atoms. The van der Waals surface area contributed by atoms with Crippen molar-refractivity contribution in [2.24, 2.45) is 5.73 Å². The second-order valence-corrected chi connectivity index (χ2v) is 4.09. The molecule has 0 aliphatic heterocycles. The number of hydrogen-bond donors (Lipinski definition) is 2. The minimum Gasteiger partial charge on any atom is -0.434 e. The fourth-order valence-electron chi connectivity index (χ4n) is 1.63. The summed E-state index contributed by atoms with van der Waals surface area (Å²) in [6.45, 7) is -1.69. The molecule has 4 nitrogen and oxygen atoms in total. The molecule has 1 aromatic carbocycles. The van der Waals surface area contributed by atoms with E-state index in [0.717, 1.165) is 12.8 Å². The van der Waals surface area contributed by atoms with Crippen LogP contribution in [0.15, 0.2) is 24.3 Å². The van der Waals surface area contributed by atoms with Crippen LogP contribution in [0.5, 0.6) is 5.75 Å². The van der Waals surface area contributed by atoms with Gasteiger partial charge in [0.1, 0.15) is 5.75 Å². The molecule has 106 valence electrons. The minimum absolute atomic E-state index is 0.183. The van der Waals surface area contributed by atoms with E-state index in [1.54, 1.807) is 18.2 Å². The summed E-state index contributed by atoms with van der Waals surface area (Å²) in [5, 5.41) is 3.11. The Morgan fingerprint density at radius 2 is 2.05 bits per heavy atom. The maximum Gasteiger partial charge on any atom is 0.387 e. The number of rotatable bonds is 9. The summed E-state index contributed by atoms with van der Waals surface area (Å²) in [5.41, 5.74) is 5.70. The molecule has 6 heteroatoms. The lowest BCUT2D eigenvalue weighted by Crippen LogP contribution is -2.17. The number of halogens is 2. The monoisotopic (exact) mass is 272 g/mol. The predicted molar refractivity (Wildman–Crippen MR) is 67.8 cm³/mol. The number of para-hydroxylation sites is 1. The second kappa shape index (κ2) is 8.42. The summed E-state index contributed by atoms with van der Waals surface area (Å²) in [6, 6.07) is 6.65. The summed E-state index contributed by atoms with van der Waals surface area (Å²) >= 11 is 0. The largest absolute Gasteiger partial charge is 0.434 e. The molecule has 0 aromatic heterocycles. The van der Waals surface area contributed by atoms with Gasteiger partial charge < -0.3 is 15.8 Å². The molecule has 3 N–H and O–H groups in total. The third kappa shape index (κ3) is 6.71. The van der Waals surface area contributed by atoms with Crippen LogP contribution in [0.2, 0.25) is 0 Å². The topological polar surface area (TPSA) is 64.4 Å². The molecule has 19 heavy (non-hydrogen) atoms. The van der Waals surface area contributed by atoms with Gasteiger partial charge in [-0.2, -0.15) is 8.78 Å². The van der Waals surface area contributed by atoms with Crippen LogP contribution in [-0.4, -0.2) is 19.1 Å². The summed E-state index contributed by atoms with van der Waals surface area (Å²) in [6.07, 6.45) is 1.89. The maximum atomic E-state index is 12.2. The molecule has 0 radical (unpaired) electrons. The zero-order chi connectivity index (χ0) is 14.1. The molecular weight excluding hydrogens is 254 g/mol. The Bertz CT molecular complexity index is 400. The zero-order valence-electron chi connectivity index (χ0n) is 10.6. The van der Waals surface area contributed by atoms with Crippen molar-refractivity contribution < 1.29 is 18.3 Å². The van der Waals surface area contributed by atoms with Crippen LogP contribution >= 0.6 is 0 Å². The number of hydrogen-bond acceptors (Lipinski definition) is 3. The number of ether oxygens (including phenoxy) is 1. The number of amides is 1. The summed E-state index contributed by atoms with van der Waals surface area (Å²) in [7, 11) is 0. The van der Waals surface area contributed by atoms with Gasteiger partial charge >= 0.3 is 6.61 Å². The SMILES string of the molecule is NC(=O)CCCCNCc1ccccc1OC(F)F. The molecule has 0 fully saturated rings. The lowest BCUT2D eigenvalue weighted by molar-refractivity contribution is -0.118. The molecule has 0 aliphatic rings. The molecule has 0 atom stereocenters. The summed E-state index contributed by atoms with van der Waals surface area (Å²) < 4.78 is 28.8. The van der Waals surface area contributed by atoms with Crippen molar-refractivity contribution in [3.63, 3.8) is 0 Å². The average Bonchev–Trinajstić information content (AvgIpc) is 2.34. The van der Waals surface area contributed by atoms with Crippen molar-refractivity contribution in [3.05, 3.63) is 29.8 Å². The minimum atomic E-state index is -2.82. The lowest BCUT2D eigenvalue weighted by atomic mass is 10.2. The number of carbonyl (C=O) groups is 1. The number of alkyl halides is 2. The van der Waals surface area contributed by atoms with Gasteiger partial charge in [0.2, 0.25) is 5.91 Å². The predicted octanol–water partition coefficient (Wildman–Crippen LogP) is 2.03. The second-order valence-electron chi connectivity index (χ2n) is 4.09. The Hall–Kier alpha value is -1.69. The van der Waals surface area contributed by atoms with E-state index in [4.69, 9.17) is 5.73 Å². The van der Waals surface area contributed by atoms with E-state index >= 15 is 0 Å². The highest BCUT2D eigenvalue weighted by molar-refractivity contribution is 5.73. The molecule has 0 heterocycles. The molecule has 0 unspecified atom stereocenters. The van der Waals surface area contributed by atoms with Crippen LogP contribution in [-0.2, 0) is 11.3 Å². The van der Waals surface area contributed by atoms with Gasteiger partial charge in [0.15, 0.2) is 0 Å². The first-order chi connectivity index (χ1) is 9.09. The van der Waals surface area contributed by atoms with E-state index in [1.165, 1.54) is 6.07 Å². The molecule has 1 amide bonds. The molecule has 1 rings (SSSR count). The van der Waals surface area contributed by atoms with Crippen molar-refractivity contribution in [1.29, 1.82) is 0 Å². The normalized spacial score (nSPS) is 10.7. The highest BCUT2D eigenvalue weighted by Crippen LogP contribution is 2.19. The van der Waals surface area contributed by atoms with Crippen LogP contribution in [0, 0.1) is 0 Å². The quantitative estimate of drug-likeness (QED) is 0.676. The zero-order valence-corrected chi connectivity index (χ0v) is 10.6. The number of primary amides is 1. The van der Waals surface area contributed by atoms with Crippen LogP contribution in [0.25, 0.3) is 0 Å². The van der Waals surface area contributed by atoms with Gasteiger partial charge in [0.25, 0.3) is 0 Å². The highest BCUT2D eigenvalue weighted by atomic mass is 19.3. The van der Waals surface area contributed by atoms with Crippen LogP contribution in [0.1, 0.15) is 24.8 Å². The number of nitrogens with one attached hydrogen (secondary N) is 1. The van der Waals surface area contributed by atoms with E-state index in [-0.39, 0.29) is 11.7 Å². The Morgan fingerprint density at radius 3 is 2.74 bits per heavy atom. The van der Waals surface area contributed by atoms with Crippen LogP contribution in [0.3, 0.4) is 0 Å². The molecular formula is C13H18F2N2O2. The number of carbonyl (C=O) groups excluding carboxylic acids is 1. The van der Waals surface area contributed by atoms with Crippen molar-refractivity contribution in [2.45, 2.75) is 32.4 Å². The Morgan fingerprint density at radius 1 is 1.32 bits per heavy atom. The first-order valence-electron chi connectivity index (χ1n) is 6.11. The molecule has 0 saturated heterocycles. The molecule has 0 saturated carbocycles. The van der Waals surface area contributed by atoms with Gasteiger partial charge in [-0.25, -0.2) is 0 Å². The van der Waals surface area contributed by atoms with Crippen molar-refractivity contribution in [2.75, 3.05) is 6.54 Å². The van der Waals surface area contributed by atoms with Crippen molar-refractivity contribution in [1.82, 2.24) is 5.32 Å². The third-order valence-electron chi connectivity index (χ3n) is 2.53. The third-order valence-corrected chi connectivity index (χ3v) is 2.53. The maximum absolute atomic E-state index is 12.2. The van der Waals surface area contributed by atoms with Gasteiger partial charge in [0, 0.05) is 18.5 Å². The number of nitrogens with two attached hydrogens (primary N) is 1. The van der Waals surface area contributed by atoms with Crippen LogP contribution in [0.4, 0.5) is 8.78 Å². The van der Waals surface area contributed by atoms with Gasteiger partial charge in [-0.05, 0) is 25.5 Å². The van der Waals surface area contributed by atoms with Gasteiger partial charge in [0.05, 0.1) is 0 Å². The fraction of sp³-hybridized carbons (Fsp3) is 0.462. The highest BCUT2D eigenvalue weighted by Gasteiger charge is 2.08. The van der Waals surface area contributed by atoms with Gasteiger partial charge in [-0.15, -0.1) is 0 Å². The fourth-order valence-corrected chi connectivity index (χ4v) is 1.63. The van der Waals surface area contributed by atoms with Crippen molar-refractivity contribution in [3.8, 4) is 5.75 Å². The first-order valence-corrected chi connectivity index (χ1v) is 6.11. The van der Waals surface area contributed by atoms with E-state index in [2.05, 4.69) is 10.1 Å². The van der Waals surface area contributed by atoms with E-state index in [1.807, 2.05) is 0 Å². The Balaban J connectivity index is 2.30. The van der Waals surface area contributed by atoms with Gasteiger partial charge in [-0.1, -0.05) is 18.2 Å². The smallest absolute Gasteiger partial charge is 0.387 e. The standard InChI is InChI=1S/C13H18F2N2O2/c14-13(15)19-11-6-2-1-5-10(11)9-17-8-4-3-7-12(16)18/h1-2,5-6,13,17H,3-4,7-9H2,(H2,16,18).